The van der Waals surface area contributed by atoms with Crippen molar-refractivity contribution in [2.45, 2.75) is 49.8 Å². The molecule has 10 nitrogen and oxygen atoms in total. The zero-order chi connectivity index (χ0) is 32.8. The Kier molecular flexibility index (Phi) is 11.7. The standard InChI is InChI=1S/C23H26N2O2.2CHF3O3S.Sn/c1-23(2,21-24-19(15-26-21)13-17-9-5-3-6-10-17)22-25-20(16-27-22)14-18-11-7-4-8-12-18;2*2-1(3,4)8(5,6)7;/h3-12,19-20H,13-16H2,1-2H3;2*(H,5,6,7);/q;;;+2/p-2/t19-,20-;;;/m1.../s1. The molecule has 2 aromatic rings. The first kappa shape index (κ1) is 36.1. The fourth-order valence-corrected chi connectivity index (χ4v) is 8.13. The van der Waals surface area contributed by atoms with Crippen LogP contribution in [0.1, 0.15) is 25.0 Å². The van der Waals surface area contributed by atoms with Crippen LogP contribution >= 0.6 is 0 Å². The molecule has 0 N–H and O–H groups in total. The van der Waals surface area contributed by atoms with Crippen LogP contribution in [0.25, 0.3) is 0 Å². The Bertz CT molecular complexity index is 1420. The van der Waals surface area contributed by atoms with E-state index in [4.69, 9.17) is 19.5 Å². The maximum absolute atomic E-state index is 11.6. The predicted octanol–water partition coefficient (Wildman–Crippen LogP) is 4.35. The summed E-state index contributed by atoms with van der Waals surface area (Å²) in [7, 11) is -12.3. The van der Waals surface area contributed by atoms with E-state index in [9.17, 15) is 43.2 Å². The number of ether oxygens (including phenoxy) is 2. The van der Waals surface area contributed by atoms with Crippen molar-refractivity contribution in [2.24, 2.45) is 15.4 Å². The van der Waals surface area contributed by atoms with Crippen LogP contribution in [0.5, 0.6) is 0 Å². The van der Waals surface area contributed by atoms with Crippen LogP contribution in [0, 0.1) is 5.41 Å². The average Bonchev–Trinajstić information content (AvgIpc) is 3.60. The monoisotopic (exact) mass is 780 g/mol. The predicted molar refractivity (Wildman–Crippen MR) is 146 cm³/mol. The summed E-state index contributed by atoms with van der Waals surface area (Å²) in [6, 6.07) is 21.2. The molecule has 242 valence electrons. The number of benzene rings is 2. The fraction of sp³-hybridized carbons (Fsp3) is 0.440. The Hall–Kier alpha value is -2.42. The maximum atomic E-state index is 11.6. The molecule has 2 radical (unpaired) electrons. The Morgan fingerprint density at radius 3 is 1.36 bits per heavy atom. The number of hydrogen-bond donors (Lipinski definition) is 0. The minimum atomic E-state index is -6.15. The first-order chi connectivity index (χ1) is 20.3. The van der Waals surface area contributed by atoms with Crippen molar-refractivity contribution in [1.82, 2.24) is 0 Å². The van der Waals surface area contributed by atoms with Gasteiger partial charge in [-0.15, -0.1) is 0 Å². The number of rotatable bonds is 10. The quantitative estimate of drug-likeness (QED) is 0.198. The van der Waals surface area contributed by atoms with Gasteiger partial charge in [0.25, 0.3) is 0 Å². The van der Waals surface area contributed by atoms with Crippen molar-refractivity contribution in [1.29, 1.82) is 0 Å². The molecule has 0 amide bonds. The van der Waals surface area contributed by atoms with Crippen LogP contribution in [-0.2, 0) is 47.6 Å². The summed E-state index contributed by atoms with van der Waals surface area (Å²) in [5.74, 6) is 1.48. The zero-order valence-electron chi connectivity index (χ0n) is 23.0. The van der Waals surface area contributed by atoms with Gasteiger partial charge in [0.15, 0.2) is 11.8 Å². The molecule has 0 fully saturated rings. The molecule has 0 spiro atoms. The molecular weight excluding hydrogens is 753 g/mol. The zero-order valence-corrected chi connectivity index (χ0v) is 27.5. The number of nitrogens with zero attached hydrogens (tertiary/aromatic N) is 2. The van der Waals surface area contributed by atoms with Gasteiger partial charge in [-0.3, -0.25) is 0 Å². The second-order valence-corrected chi connectivity index (χ2v) is 16.3. The van der Waals surface area contributed by atoms with Crippen LogP contribution in [0.3, 0.4) is 0 Å². The van der Waals surface area contributed by atoms with Gasteiger partial charge in [-0.1, -0.05) is 60.7 Å². The second kappa shape index (κ2) is 14.3. The molecule has 2 atom stereocenters. The average molecular weight is 779 g/mol. The molecule has 2 aromatic carbocycles. The van der Waals surface area contributed by atoms with Crippen LogP contribution in [0.15, 0.2) is 70.6 Å². The van der Waals surface area contributed by atoms with Crippen molar-refractivity contribution in [3.63, 3.8) is 0 Å². The summed E-state index contributed by atoms with van der Waals surface area (Å²) in [4.78, 5) is 9.68. The molecule has 2 aliphatic heterocycles. The van der Waals surface area contributed by atoms with Gasteiger partial charge < -0.3 is 9.47 Å². The van der Waals surface area contributed by atoms with Gasteiger partial charge in [0.05, 0.1) is 12.1 Å². The van der Waals surface area contributed by atoms with Crippen LogP contribution in [0.2, 0.25) is 0 Å². The van der Waals surface area contributed by atoms with Gasteiger partial charge in [0, 0.05) is 0 Å². The van der Waals surface area contributed by atoms with Crippen LogP contribution < -0.4 is 0 Å². The van der Waals surface area contributed by atoms with E-state index >= 15 is 0 Å². The molecule has 0 bridgehead atoms. The third-order valence-corrected chi connectivity index (χ3v) is 12.6. The third-order valence-electron chi connectivity index (χ3n) is 5.98. The van der Waals surface area contributed by atoms with E-state index in [0.29, 0.717) is 13.2 Å². The Morgan fingerprint density at radius 1 is 0.705 bits per heavy atom. The molecule has 19 heteroatoms. The van der Waals surface area contributed by atoms with Gasteiger partial charge in [-0.2, -0.15) is 0 Å². The van der Waals surface area contributed by atoms with E-state index in [2.05, 4.69) is 67.4 Å². The van der Waals surface area contributed by atoms with Crippen molar-refractivity contribution < 1.29 is 57.7 Å². The molecule has 44 heavy (non-hydrogen) atoms. The summed E-state index contributed by atoms with van der Waals surface area (Å²) in [6.07, 6.45) is 1.79. The third kappa shape index (κ3) is 9.79. The van der Waals surface area contributed by atoms with Crippen LogP contribution in [0.4, 0.5) is 26.3 Å². The molecule has 2 aliphatic rings. The van der Waals surface area contributed by atoms with Gasteiger partial charge in [-0.05, 0) is 37.8 Å². The van der Waals surface area contributed by atoms with Gasteiger partial charge >= 0.3 is 101 Å². The van der Waals surface area contributed by atoms with Crippen molar-refractivity contribution >= 4 is 54.0 Å². The first-order valence-electron chi connectivity index (χ1n) is 12.6. The van der Waals surface area contributed by atoms with E-state index in [1.165, 1.54) is 11.1 Å². The Morgan fingerprint density at radius 2 is 1.05 bits per heavy atom. The molecule has 2 heterocycles. The Balaban J connectivity index is 0.000000271. The number of aliphatic imine (C=N–C) groups is 2. The second-order valence-electron chi connectivity index (χ2n) is 9.85. The fourth-order valence-electron chi connectivity index (χ4n) is 3.79. The van der Waals surface area contributed by atoms with Gasteiger partial charge in [-0.25, -0.2) is 9.98 Å². The summed E-state index contributed by atoms with van der Waals surface area (Å²) < 4.78 is 128. The minimum absolute atomic E-state index is 0.156. The summed E-state index contributed by atoms with van der Waals surface area (Å²) >= 11 is -3.86. The van der Waals surface area contributed by atoms with E-state index in [-0.39, 0.29) is 12.1 Å². The summed E-state index contributed by atoms with van der Waals surface area (Å²) in [5, 5.41) is 0. The summed E-state index contributed by atoms with van der Waals surface area (Å²) in [6.45, 7) is 5.41. The topological polar surface area (TPSA) is 130 Å². The molecular formula is C25H26F6N2O8S2Sn. The van der Waals surface area contributed by atoms with Gasteiger partial charge in [0.2, 0.25) is 0 Å². The van der Waals surface area contributed by atoms with E-state index < -0.39 is 58.6 Å². The SMILES string of the molecule is CC(C)(C1=N[C@H](Cc2ccccc2)CO1)C1=N[C@H](Cc2ccccc2)CO1.O=S(=O)([O][Sn][O]S(=O)(=O)C(F)(F)F)C(F)(F)F. The first-order valence-corrected chi connectivity index (χ1v) is 17.7. The molecule has 0 aromatic heterocycles. The molecule has 0 saturated carbocycles. The normalized spacial score (nSPS) is 19.3. The Labute approximate surface area is 261 Å². The van der Waals surface area contributed by atoms with Crippen molar-refractivity contribution in [3.8, 4) is 0 Å². The number of halogens is 6. The molecule has 0 saturated heterocycles. The van der Waals surface area contributed by atoms with E-state index in [0.717, 1.165) is 24.6 Å². The molecule has 4 rings (SSSR count). The number of alkyl halides is 6. The van der Waals surface area contributed by atoms with E-state index in [1.807, 2.05) is 12.1 Å². The van der Waals surface area contributed by atoms with Gasteiger partial charge in [0.1, 0.15) is 18.6 Å². The molecule has 0 aliphatic carbocycles. The number of hydrogen-bond acceptors (Lipinski definition) is 10. The van der Waals surface area contributed by atoms with Crippen LogP contribution in [-0.4, -0.2) is 86.9 Å². The van der Waals surface area contributed by atoms with Crippen molar-refractivity contribution in [3.05, 3.63) is 71.8 Å². The molecule has 0 unspecified atom stereocenters. The van der Waals surface area contributed by atoms with E-state index in [1.54, 1.807) is 0 Å². The van der Waals surface area contributed by atoms with Crippen molar-refractivity contribution in [2.75, 3.05) is 13.2 Å². The summed E-state index contributed by atoms with van der Waals surface area (Å²) in [5.41, 5.74) is -9.59.